The largest absolute Gasteiger partial charge is 0.355 e. The van der Waals surface area contributed by atoms with Gasteiger partial charge in [-0.05, 0) is 38.1 Å². The van der Waals surface area contributed by atoms with Gasteiger partial charge in [-0.2, -0.15) is 0 Å². The molecule has 0 aliphatic rings. The van der Waals surface area contributed by atoms with Crippen molar-refractivity contribution >= 4 is 30.7 Å². The summed E-state index contributed by atoms with van der Waals surface area (Å²) in [6, 6.07) is 9.11. The Balaban J connectivity index is -0.00000124. The molecule has 0 fully saturated rings. The molecule has 0 unspecified atom stereocenters. The number of rotatable bonds is 31. The fraction of sp³-hybridized carbons (Fsp3) is 0.825. The molecule has 1 amide bonds. The van der Waals surface area contributed by atoms with Crippen LogP contribution in [-0.2, 0) is 0 Å². The maximum Gasteiger partial charge on any atom is 0.251 e. The van der Waals surface area contributed by atoms with Gasteiger partial charge in [-0.1, -0.05) is 199 Å². The molecule has 0 heterocycles. The van der Waals surface area contributed by atoms with Crippen molar-refractivity contribution in [1.29, 1.82) is 0 Å². The molecule has 45 heavy (non-hydrogen) atoms. The fourth-order valence-corrected chi connectivity index (χ4v) is 5.75. The predicted molar refractivity (Wildman–Crippen MR) is 208 cm³/mol. The molecule has 0 atom stereocenters. The Hall–Kier alpha value is -0.770. The molecular weight excluding hydrogens is 595 g/mol. The third kappa shape index (κ3) is 39.3. The summed E-state index contributed by atoms with van der Waals surface area (Å²) in [7, 11) is 1.62. The lowest BCUT2D eigenvalue weighted by atomic mass is 10.0. The fourth-order valence-electron chi connectivity index (χ4n) is 5.75. The van der Waals surface area contributed by atoms with Crippen molar-refractivity contribution in [3.8, 4) is 0 Å². The van der Waals surface area contributed by atoms with Gasteiger partial charge < -0.3 is 10.6 Å². The highest BCUT2D eigenvalue weighted by Gasteiger charge is 1.98. The van der Waals surface area contributed by atoms with E-state index in [2.05, 4.69) is 24.5 Å². The van der Waals surface area contributed by atoms with Crippen molar-refractivity contribution < 1.29 is 4.79 Å². The lowest BCUT2D eigenvalue weighted by Crippen LogP contribution is -2.17. The first kappa shape index (κ1) is 48.6. The smallest absolute Gasteiger partial charge is 0.251 e. The van der Waals surface area contributed by atoms with E-state index in [1.165, 1.54) is 193 Å². The van der Waals surface area contributed by atoms with E-state index in [0.717, 1.165) is 0 Å². The maximum atomic E-state index is 10.9. The molecule has 0 saturated heterocycles. The molecule has 1 aromatic carbocycles. The van der Waals surface area contributed by atoms with Crippen LogP contribution in [-0.4, -0.2) is 26.0 Å². The molecule has 1 aromatic rings. The van der Waals surface area contributed by atoms with Crippen LogP contribution in [0.1, 0.15) is 204 Å². The van der Waals surface area contributed by atoms with Crippen molar-refractivity contribution in [3.05, 3.63) is 35.9 Å². The van der Waals surface area contributed by atoms with E-state index in [1.807, 2.05) is 18.2 Å². The van der Waals surface area contributed by atoms with Gasteiger partial charge >= 0.3 is 0 Å². The van der Waals surface area contributed by atoms with Gasteiger partial charge in [-0.15, -0.1) is 24.8 Å². The topological polar surface area (TPSA) is 41.1 Å². The molecule has 0 bridgehead atoms. The van der Waals surface area contributed by atoms with Crippen molar-refractivity contribution in [2.75, 3.05) is 20.1 Å². The van der Waals surface area contributed by atoms with E-state index in [0.29, 0.717) is 5.56 Å². The van der Waals surface area contributed by atoms with Crippen LogP contribution in [0.4, 0.5) is 0 Å². The van der Waals surface area contributed by atoms with Gasteiger partial charge in [0.2, 0.25) is 0 Å². The predicted octanol–water partition coefficient (Wildman–Crippen LogP) is 13.4. The van der Waals surface area contributed by atoms with Crippen molar-refractivity contribution in [2.45, 2.75) is 194 Å². The molecule has 2 N–H and O–H groups in total. The van der Waals surface area contributed by atoms with Crippen LogP contribution in [0.2, 0.25) is 0 Å². The number of hydrogen-bond acceptors (Lipinski definition) is 2. The number of unbranched alkanes of at least 4 members (excludes halogenated alkanes) is 26. The number of amides is 1. The first-order chi connectivity index (χ1) is 21.3. The highest BCUT2D eigenvalue weighted by atomic mass is 35.5. The molecule has 0 spiro atoms. The molecule has 0 saturated carbocycles. The van der Waals surface area contributed by atoms with Gasteiger partial charge in [0, 0.05) is 12.6 Å². The SMILES string of the molecule is CCCCCCCCCCCCCCCCNCCCCCCCCCCCCCCCC.CNC(=O)c1ccccc1.Cl.Cl. The minimum Gasteiger partial charge on any atom is -0.355 e. The maximum absolute atomic E-state index is 10.9. The molecule has 0 aromatic heterocycles. The second kappa shape index (κ2) is 43.2. The van der Waals surface area contributed by atoms with E-state index >= 15 is 0 Å². The van der Waals surface area contributed by atoms with E-state index in [1.54, 1.807) is 19.2 Å². The van der Waals surface area contributed by atoms with E-state index in [4.69, 9.17) is 0 Å². The van der Waals surface area contributed by atoms with Gasteiger partial charge in [-0.3, -0.25) is 4.79 Å². The average Bonchev–Trinajstić information content (AvgIpc) is 3.04. The third-order valence-corrected chi connectivity index (χ3v) is 8.68. The standard InChI is InChI=1S/C32H67N.C8H9NO.2ClH/c1-3-5-7-9-11-13-15-17-19-21-23-25-27-29-31-33-32-30-28-26-24-22-20-18-16-14-12-10-8-6-4-2;1-9-8(10)7-5-3-2-4-6-7;;/h33H,3-32H2,1-2H3;2-6H,1H3,(H,9,10);2*1H. The molecular formula is C40H78Cl2N2O. The third-order valence-electron chi connectivity index (χ3n) is 8.68. The van der Waals surface area contributed by atoms with Crippen LogP contribution < -0.4 is 10.6 Å². The Labute approximate surface area is 294 Å². The van der Waals surface area contributed by atoms with Crippen LogP contribution in [0.3, 0.4) is 0 Å². The normalized spacial score (nSPS) is 10.4. The first-order valence-electron chi connectivity index (χ1n) is 19.2. The number of halogens is 2. The minimum absolute atomic E-state index is 0. The number of benzene rings is 1. The van der Waals surface area contributed by atoms with Gasteiger partial charge in [-0.25, -0.2) is 0 Å². The molecule has 3 nitrogen and oxygen atoms in total. The van der Waals surface area contributed by atoms with Crippen LogP contribution in [0.15, 0.2) is 30.3 Å². The van der Waals surface area contributed by atoms with Crippen LogP contribution >= 0.6 is 24.8 Å². The van der Waals surface area contributed by atoms with Gasteiger partial charge in [0.05, 0.1) is 0 Å². The van der Waals surface area contributed by atoms with Gasteiger partial charge in [0.25, 0.3) is 5.91 Å². The quantitative estimate of drug-likeness (QED) is 0.0770. The zero-order valence-electron chi connectivity index (χ0n) is 30.3. The highest BCUT2D eigenvalue weighted by Crippen LogP contribution is 2.14. The summed E-state index contributed by atoms with van der Waals surface area (Å²) in [6.45, 7) is 7.10. The summed E-state index contributed by atoms with van der Waals surface area (Å²) in [4.78, 5) is 10.9. The zero-order chi connectivity index (χ0) is 31.3. The minimum atomic E-state index is -0.0411. The lowest BCUT2D eigenvalue weighted by Gasteiger charge is -2.06. The summed E-state index contributed by atoms with van der Waals surface area (Å²) in [6.07, 6.45) is 40.7. The lowest BCUT2D eigenvalue weighted by molar-refractivity contribution is 0.0963. The Bertz CT molecular complexity index is 629. The van der Waals surface area contributed by atoms with E-state index in [-0.39, 0.29) is 30.7 Å². The summed E-state index contributed by atoms with van der Waals surface area (Å²) in [5.41, 5.74) is 0.699. The van der Waals surface area contributed by atoms with Gasteiger partial charge in [0.1, 0.15) is 0 Å². The number of carbonyl (C=O) groups is 1. The van der Waals surface area contributed by atoms with Crippen LogP contribution in [0.5, 0.6) is 0 Å². The number of hydrogen-bond donors (Lipinski definition) is 2. The Morgan fingerprint density at radius 3 is 0.978 bits per heavy atom. The monoisotopic (exact) mass is 673 g/mol. The summed E-state index contributed by atoms with van der Waals surface area (Å²) in [5, 5.41) is 6.21. The average molecular weight is 674 g/mol. The van der Waals surface area contributed by atoms with Crippen molar-refractivity contribution in [1.82, 2.24) is 10.6 Å². The Kier molecular flexibility index (Phi) is 46.7. The molecule has 0 aliphatic heterocycles. The molecule has 0 aliphatic carbocycles. The highest BCUT2D eigenvalue weighted by molar-refractivity contribution is 5.93. The second-order valence-corrected chi connectivity index (χ2v) is 12.9. The molecule has 1 rings (SSSR count). The van der Waals surface area contributed by atoms with Gasteiger partial charge in [0.15, 0.2) is 0 Å². The van der Waals surface area contributed by atoms with Crippen LogP contribution in [0.25, 0.3) is 0 Å². The number of carbonyl (C=O) groups excluding carboxylic acids is 1. The second-order valence-electron chi connectivity index (χ2n) is 12.9. The van der Waals surface area contributed by atoms with Crippen LogP contribution in [0, 0.1) is 0 Å². The van der Waals surface area contributed by atoms with E-state index in [9.17, 15) is 4.79 Å². The molecule has 5 heteroatoms. The molecule has 268 valence electrons. The summed E-state index contributed by atoms with van der Waals surface area (Å²) in [5.74, 6) is -0.0411. The number of nitrogens with one attached hydrogen (secondary N) is 2. The molecule has 0 radical (unpaired) electrons. The summed E-state index contributed by atoms with van der Waals surface area (Å²) >= 11 is 0. The summed E-state index contributed by atoms with van der Waals surface area (Å²) < 4.78 is 0. The first-order valence-corrected chi connectivity index (χ1v) is 19.2. The Morgan fingerprint density at radius 2 is 0.711 bits per heavy atom. The van der Waals surface area contributed by atoms with Crippen molar-refractivity contribution in [3.63, 3.8) is 0 Å². The van der Waals surface area contributed by atoms with Crippen molar-refractivity contribution in [2.24, 2.45) is 0 Å². The zero-order valence-corrected chi connectivity index (χ0v) is 32.0. The van der Waals surface area contributed by atoms with E-state index < -0.39 is 0 Å². The Morgan fingerprint density at radius 1 is 0.444 bits per heavy atom.